The smallest absolute Gasteiger partial charge is 0.263 e. The third kappa shape index (κ3) is 5.75. The van der Waals surface area contributed by atoms with Crippen LogP contribution in [0, 0.1) is 5.92 Å². The van der Waals surface area contributed by atoms with Crippen LogP contribution < -0.4 is 14.2 Å². The Kier molecular flexibility index (Phi) is 6.61. The van der Waals surface area contributed by atoms with Gasteiger partial charge < -0.3 is 4.74 Å². The maximum absolute atomic E-state index is 12.8. The number of halogens is 1. The summed E-state index contributed by atoms with van der Waals surface area (Å²) in [5.74, 6) is 0.174. The second-order valence-corrected chi connectivity index (χ2v) is 10.1. The lowest BCUT2D eigenvalue weighted by molar-refractivity contribution is 0.417. The fraction of sp³-hybridized carbons (Fsp3) is 0.294. The van der Waals surface area contributed by atoms with Gasteiger partial charge in [-0.25, -0.2) is 16.8 Å². The third-order valence-corrected chi connectivity index (χ3v) is 6.90. The number of ether oxygens (including phenoxy) is 1. The summed E-state index contributed by atoms with van der Waals surface area (Å²) in [6.07, 6.45) is 0. The van der Waals surface area contributed by atoms with E-state index in [-0.39, 0.29) is 33.0 Å². The van der Waals surface area contributed by atoms with Crippen LogP contribution >= 0.6 is 11.6 Å². The highest BCUT2D eigenvalue weighted by molar-refractivity contribution is 7.93. The van der Waals surface area contributed by atoms with Gasteiger partial charge in [0.15, 0.2) is 0 Å². The first-order chi connectivity index (χ1) is 12.5. The van der Waals surface area contributed by atoms with E-state index >= 15 is 0 Å². The van der Waals surface area contributed by atoms with Crippen molar-refractivity contribution in [3.63, 3.8) is 0 Å². The van der Waals surface area contributed by atoms with Crippen LogP contribution in [-0.4, -0.2) is 29.7 Å². The summed E-state index contributed by atoms with van der Waals surface area (Å²) in [5, 5.41) is -0.0378. The average molecular weight is 433 g/mol. The predicted molar refractivity (Wildman–Crippen MR) is 108 cm³/mol. The molecule has 7 nitrogen and oxygen atoms in total. The molecule has 0 amide bonds. The molecule has 0 aromatic heterocycles. The number of para-hydroxylation sites is 2. The van der Waals surface area contributed by atoms with Crippen molar-refractivity contribution in [3.05, 3.63) is 47.5 Å². The largest absolute Gasteiger partial charge is 0.495 e. The van der Waals surface area contributed by atoms with Gasteiger partial charge in [-0.3, -0.25) is 9.44 Å². The van der Waals surface area contributed by atoms with E-state index in [0.717, 1.165) is 0 Å². The summed E-state index contributed by atoms with van der Waals surface area (Å²) in [4.78, 5) is -0.250. The van der Waals surface area contributed by atoms with Crippen molar-refractivity contribution >= 4 is 43.0 Å². The van der Waals surface area contributed by atoms with Crippen molar-refractivity contribution < 1.29 is 21.6 Å². The van der Waals surface area contributed by atoms with Gasteiger partial charge in [0.25, 0.3) is 10.0 Å². The molecule has 0 saturated carbocycles. The van der Waals surface area contributed by atoms with E-state index in [2.05, 4.69) is 9.44 Å². The highest BCUT2D eigenvalue weighted by Gasteiger charge is 2.21. The molecule has 0 aliphatic carbocycles. The highest BCUT2D eigenvalue weighted by Crippen LogP contribution is 2.30. The van der Waals surface area contributed by atoms with Gasteiger partial charge in [-0.15, -0.1) is 0 Å². The number of anilines is 2. The second kappa shape index (κ2) is 8.37. The molecule has 2 aromatic rings. The molecule has 27 heavy (non-hydrogen) atoms. The fourth-order valence-corrected chi connectivity index (χ4v) is 5.41. The van der Waals surface area contributed by atoms with Crippen molar-refractivity contribution in [2.75, 3.05) is 22.3 Å². The summed E-state index contributed by atoms with van der Waals surface area (Å²) in [7, 11) is -6.26. The van der Waals surface area contributed by atoms with Gasteiger partial charge in [0.05, 0.1) is 23.6 Å². The average Bonchev–Trinajstić information content (AvgIpc) is 2.55. The predicted octanol–water partition coefficient (Wildman–Crippen LogP) is 3.55. The van der Waals surface area contributed by atoms with Crippen LogP contribution in [0.1, 0.15) is 13.8 Å². The number of benzene rings is 2. The molecular weight excluding hydrogens is 412 g/mol. The Morgan fingerprint density at radius 2 is 1.70 bits per heavy atom. The first kappa shape index (κ1) is 21.3. The normalized spacial score (nSPS) is 12.0. The Morgan fingerprint density at radius 1 is 1.04 bits per heavy atom. The molecule has 10 heteroatoms. The first-order valence-corrected chi connectivity index (χ1v) is 11.5. The van der Waals surface area contributed by atoms with Gasteiger partial charge >= 0.3 is 0 Å². The van der Waals surface area contributed by atoms with E-state index in [0.29, 0.717) is 5.75 Å². The molecule has 148 valence electrons. The van der Waals surface area contributed by atoms with E-state index in [9.17, 15) is 16.8 Å². The van der Waals surface area contributed by atoms with Gasteiger partial charge in [-0.2, -0.15) is 0 Å². The van der Waals surface area contributed by atoms with E-state index in [4.69, 9.17) is 16.3 Å². The number of nitrogens with one attached hydrogen (secondary N) is 2. The highest BCUT2D eigenvalue weighted by atomic mass is 35.5. The van der Waals surface area contributed by atoms with Crippen molar-refractivity contribution in [2.24, 2.45) is 5.92 Å². The Morgan fingerprint density at radius 3 is 2.33 bits per heavy atom. The summed E-state index contributed by atoms with van der Waals surface area (Å²) < 4.78 is 59.6. The van der Waals surface area contributed by atoms with Gasteiger partial charge in [0, 0.05) is 5.69 Å². The van der Waals surface area contributed by atoms with E-state index < -0.39 is 20.0 Å². The molecule has 0 heterocycles. The van der Waals surface area contributed by atoms with Crippen molar-refractivity contribution in [1.82, 2.24) is 0 Å². The maximum Gasteiger partial charge on any atom is 0.263 e. The minimum absolute atomic E-state index is 0.0378. The standard InChI is InChI=1S/C17H21ClN2O5S2/c1-12(2)11-26(21,22)19-13-8-9-14(18)17(10-13)27(23,24)20-15-6-4-5-7-16(15)25-3/h4-10,12,19-20H,11H2,1-3H3. The summed E-state index contributed by atoms with van der Waals surface area (Å²) in [6.45, 7) is 3.54. The van der Waals surface area contributed by atoms with Crippen molar-refractivity contribution in [1.29, 1.82) is 0 Å². The summed E-state index contributed by atoms with van der Waals surface area (Å²) in [5.41, 5.74) is 0.349. The molecule has 0 aliphatic rings. The minimum atomic E-state index is -4.07. The lowest BCUT2D eigenvalue weighted by Crippen LogP contribution is -2.20. The Hall–Kier alpha value is -1.97. The van der Waals surface area contributed by atoms with Crippen molar-refractivity contribution in [3.8, 4) is 5.75 Å². The number of hydrogen-bond acceptors (Lipinski definition) is 5. The number of hydrogen-bond donors (Lipinski definition) is 2. The first-order valence-electron chi connectivity index (χ1n) is 8.00. The zero-order valence-corrected chi connectivity index (χ0v) is 17.5. The molecule has 0 aliphatic heterocycles. The SMILES string of the molecule is COc1ccccc1NS(=O)(=O)c1cc(NS(=O)(=O)CC(C)C)ccc1Cl. The third-order valence-electron chi connectivity index (χ3n) is 3.40. The molecule has 0 fully saturated rings. The van der Waals surface area contributed by atoms with Crippen LogP contribution in [0.25, 0.3) is 0 Å². The van der Waals surface area contributed by atoms with E-state index in [1.54, 1.807) is 38.1 Å². The Bertz CT molecular complexity index is 1020. The van der Waals surface area contributed by atoms with Crippen LogP contribution in [0.5, 0.6) is 5.75 Å². The summed E-state index contributed by atoms with van der Waals surface area (Å²) >= 11 is 6.05. The lowest BCUT2D eigenvalue weighted by atomic mass is 10.3. The van der Waals surface area contributed by atoms with Gasteiger partial charge in [0.1, 0.15) is 10.6 Å². The zero-order chi connectivity index (χ0) is 20.2. The van der Waals surface area contributed by atoms with E-state index in [1.165, 1.54) is 25.3 Å². The molecular formula is C17H21ClN2O5S2. The number of sulfonamides is 2. The number of methoxy groups -OCH3 is 1. The van der Waals surface area contributed by atoms with E-state index in [1.807, 2.05) is 0 Å². The molecule has 0 radical (unpaired) electrons. The lowest BCUT2D eigenvalue weighted by Gasteiger charge is -2.14. The van der Waals surface area contributed by atoms with Crippen LogP contribution in [0.4, 0.5) is 11.4 Å². The molecule has 0 unspecified atom stereocenters. The molecule has 2 aromatic carbocycles. The summed E-state index contributed by atoms with van der Waals surface area (Å²) in [6, 6.07) is 10.4. The quantitative estimate of drug-likeness (QED) is 0.664. The topological polar surface area (TPSA) is 102 Å². The Balaban J connectivity index is 2.37. The molecule has 2 rings (SSSR count). The van der Waals surface area contributed by atoms with Crippen molar-refractivity contribution in [2.45, 2.75) is 18.7 Å². The monoisotopic (exact) mass is 432 g/mol. The maximum atomic E-state index is 12.8. The molecule has 0 saturated heterocycles. The number of rotatable bonds is 8. The van der Waals surface area contributed by atoms with Gasteiger partial charge in [-0.05, 0) is 36.2 Å². The van der Waals surface area contributed by atoms with Gasteiger partial charge in [-0.1, -0.05) is 37.6 Å². The van der Waals surface area contributed by atoms with Crippen LogP contribution in [0.2, 0.25) is 5.02 Å². The molecule has 2 N–H and O–H groups in total. The second-order valence-electron chi connectivity index (χ2n) is 6.23. The molecule has 0 atom stereocenters. The molecule has 0 bridgehead atoms. The molecule has 0 spiro atoms. The van der Waals surface area contributed by atoms with Crippen LogP contribution in [0.3, 0.4) is 0 Å². The minimum Gasteiger partial charge on any atom is -0.495 e. The Labute approximate surface area is 164 Å². The van der Waals surface area contributed by atoms with Gasteiger partial charge in [0.2, 0.25) is 10.0 Å². The zero-order valence-electron chi connectivity index (χ0n) is 15.1. The van der Waals surface area contributed by atoms with Crippen LogP contribution in [-0.2, 0) is 20.0 Å². The van der Waals surface area contributed by atoms with Crippen LogP contribution in [0.15, 0.2) is 47.4 Å². The fourth-order valence-electron chi connectivity index (χ4n) is 2.36.